The van der Waals surface area contributed by atoms with Gasteiger partial charge in [-0.15, -0.1) is 0 Å². The highest BCUT2D eigenvalue weighted by Crippen LogP contribution is 2.21. The molecule has 110 valence electrons. The Kier molecular flexibility index (Phi) is 2.10. The Morgan fingerprint density at radius 2 is 2.40 bits per heavy atom. The fourth-order valence-electron chi connectivity index (χ4n) is 1.84. The summed E-state index contributed by atoms with van der Waals surface area (Å²) in [6, 6.07) is 4.37. The summed E-state index contributed by atoms with van der Waals surface area (Å²) in [7, 11) is -3.05. The Labute approximate surface area is 132 Å². The number of hydrogen-bond donors (Lipinski definition) is 2. The summed E-state index contributed by atoms with van der Waals surface area (Å²) in [5.41, 5.74) is 0.866. The van der Waals surface area contributed by atoms with Crippen LogP contribution in [0.25, 0.3) is 10.9 Å². The number of nitrogens with zero attached hydrogens (tertiary/aromatic N) is 1. The average Bonchev–Trinajstić information content (AvgIpc) is 2.78. The SMILES string of the molecule is [2H]c1[nH]c2ccc(CS(=O)(=O)NC([2H])([2H])[2H])cc2c1CC([2H])([2H])N(C)C([2H])([2H])[2H]. The Balaban J connectivity index is 2.41. The van der Waals surface area contributed by atoms with E-state index in [2.05, 4.69) is 4.98 Å². The Morgan fingerprint density at radius 1 is 1.55 bits per heavy atom. The van der Waals surface area contributed by atoms with E-state index in [4.69, 9.17) is 12.3 Å². The van der Waals surface area contributed by atoms with Gasteiger partial charge in [0.05, 0.1) is 7.12 Å². The first-order chi connectivity index (χ1) is 12.9. The third-order valence-electron chi connectivity index (χ3n) is 2.76. The third-order valence-corrected chi connectivity index (χ3v) is 3.79. The summed E-state index contributed by atoms with van der Waals surface area (Å²) in [6.45, 7) is -7.86. The molecule has 0 fully saturated rings. The highest BCUT2D eigenvalue weighted by Gasteiger charge is 2.11. The molecular formula is C14H21N3O2S. The fraction of sp³-hybridized carbons (Fsp3) is 0.429. The van der Waals surface area contributed by atoms with Crippen LogP contribution in [0.2, 0.25) is 0 Å². The summed E-state index contributed by atoms with van der Waals surface area (Å²) in [5.74, 6) is -0.624. The molecule has 0 saturated heterocycles. The van der Waals surface area contributed by atoms with Crippen molar-refractivity contribution in [1.82, 2.24) is 14.6 Å². The standard InChI is InChI=1S/C14H21N3O2S/c1-15-20(18,19)10-11-4-5-14-13(8-11)12(9-16-14)6-7-17(2)3/h4-5,8-9,15-16H,6-7,10H2,1-3H3/i1D3,2D3,7D2,9D. The number of hydrogen-bond acceptors (Lipinski definition) is 3. The van der Waals surface area contributed by atoms with Crippen molar-refractivity contribution in [3.8, 4) is 0 Å². The second-order valence-electron chi connectivity index (χ2n) is 4.36. The van der Waals surface area contributed by atoms with Gasteiger partial charge < -0.3 is 9.88 Å². The van der Waals surface area contributed by atoms with E-state index in [0.717, 1.165) is 7.05 Å². The van der Waals surface area contributed by atoms with Crippen LogP contribution in [0.4, 0.5) is 0 Å². The van der Waals surface area contributed by atoms with Crippen molar-refractivity contribution in [1.29, 1.82) is 0 Å². The molecule has 0 aliphatic carbocycles. The molecule has 0 amide bonds. The van der Waals surface area contributed by atoms with Gasteiger partial charge in [0.1, 0.15) is 0 Å². The van der Waals surface area contributed by atoms with Crippen LogP contribution in [0.5, 0.6) is 0 Å². The highest BCUT2D eigenvalue weighted by atomic mass is 32.2. The molecule has 2 N–H and O–H groups in total. The zero-order valence-electron chi connectivity index (χ0n) is 19.8. The number of aromatic nitrogens is 1. The zero-order valence-corrected chi connectivity index (χ0v) is 11.6. The molecule has 0 unspecified atom stereocenters. The van der Waals surface area contributed by atoms with Gasteiger partial charge in [0.25, 0.3) is 0 Å². The molecule has 0 atom stereocenters. The largest absolute Gasteiger partial charge is 0.361 e. The predicted molar refractivity (Wildman–Crippen MR) is 82.2 cm³/mol. The molecule has 0 aliphatic rings. The molecule has 0 radical (unpaired) electrons. The minimum absolute atomic E-state index is 0.122. The second kappa shape index (κ2) is 5.95. The first-order valence-corrected chi connectivity index (χ1v) is 7.42. The number of sulfonamides is 1. The van der Waals surface area contributed by atoms with Gasteiger partial charge in [-0.2, -0.15) is 0 Å². The van der Waals surface area contributed by atoms with Gasteiger partial charge >= 0.3 is 0 Å². The lowest BCUT2D eigenvalue weighted by atomic mass is 10.1. The summed E-state index contributed by atoms with van der Waals surface area (Å²) >= 11 is 0. The minimum Gasteiger partial charge on any atom is -0.361 e. The summed E-state index contributed by atoms with van der Waals surface area (Å²) in [6.07, 6.45) is -0.548. The van der Waals surface area contributed by atoms with E-state index in [9.17, 15) is 8.42 Å². The number of likely N-dealkylation sites (N-methyl/N-ethyl adjacent to an activating group) is 1. The van der Waals surface area contributed by atoms with Crippen LogP contribution in [0.15, 0.2) is 24.4 Å². The van der Waals surface area contributed by atoms with Gasteiger partial charge in [0.2, 0.25) is 10.0 Å². The van der Waals surface area contributed by atoms with Crippen LogP contribution in [-0.4, -0.2) is 45.8 Å². The predicted octanol–water partition coefficient (Wildman–Crippen LogP) is 1.32. The maximum Gasteiger partial charge on any atom is 0.215 e. The lowest BCUT2D eigenvalue weighted by Gasteiger charge is -2.08. The Bertz CT molecular complexity index is 996. The summed E-state index contributed by atoms with van der Waals surface area (Å²) < 4.78 is 93.1. The number of nitrogens with one attached hydrogen (secondary N) is 2. The zero-order chi connectivity index (χ0) is 22.4. The van der Waals surface area contributed by atoms with Crippen LogP contribution < -0.4 is 4.72 Å². The molecule has 0 spiro atoms. The first kappa shape index (κ1) is 7.06. The molecule has 20 heavy (non-hydrogen) atoms. The van der Waals surface area contributed by atoms with Gasteiger partial charge in [-0.1, -0.05) is 6.07 Å². The number of fused-ring (bicyclic) bond motifs is 1. The third kappa shape index (κ3) is 3.59. The van der Waals surface area contributed by atoms with Gasteiger partial charge in [-0.3, -0.25) is 0 Å². The van der Waals surface area contributed by atoms with Crippen LogP contribution in [0.1, 0.15) is 23.5 Å². The number of aromatic amines is 1. The van der Waals surface area contributed by atoms with Gasteiger partial charge in [-0.05, 0) is 50.7 Å². The molecule has 2 aromatic rings. The first-order valence-electron chi connectivity index (χ1n) is 10.3. The summed E-state index contributed by atoms with van der Waals surface area (Å²) in [4.78, 5) is 3.33. The molecule has 0 saturated carbocycles. The molecule has 6 heteroatoms. The van der Waals surface area contributed by atoms with Crippen molar-refractivity contribution in [2.24, 2.45) is 0 Å². The van der Waals surface area contributed by atoms with Crippen LogP contribution >= 0.6 is 0 Å². The van der Waals surface area contributed by atoms with E-state index < -0.39 is 42.6 Å². The molecule has 0 aliphatic heterocycles. The van der Waals surface area contributed by atoms with E-state index in [0.29, 0.717) is 15.8 Å². The maximum absolute atomic E-state index is 12.0. The monoisotopic (exact) mass is 304 g/mol. The van der Waals surface area contributed by atoms with Gasteiger partial charge in [0.15, 0.2) is 0 Å². The van der Waals surface area contributed by atoms with E-state index in [1.54, 1.807) is 4.72 Å². The Hall–Kier alpha value is -1.37. The van der Waals surface area contributed by atoms with Crippen molar-refractivity contribution < 1.29 is 20.8 Å². The number of benzene rings is 1. The smallest absolute Gasteiger partial charge is 0.215 e. The molecular weight excluding hydrogens is 274 g/mol. The van der Waals surface area contributed by atoms with Crippen molar-refractivity contribution >= 4 is 20.9 Å². The quantitative estimate of drug-likeness (QED) is 0.846. The second-order valence-corrected chi connectivity index (χ2v) is 6.09. The molecule has 1 aromatic carbocycles. The van der Waals surface area contributed by atoms with E-state index >= 15 is 0 Å². The average molecular weight is 304 g/mol. The normalized spacial score (nSPS) is 21.0. The van der Waals surface area contributed by atoms with Crippen molar-refractivity contribution in [2.75, 3.05) is 27.5 Å². The molecule has 2 rings (SSSR count). The lowest BCUT2D eigenvalue weighted by Crippen LogP contribution is -2.20. The highest BCUT2D eigenvalue weighted by molar-refractivity contribution is 7.88. The number of aryl methyl sites for hydroxylation is 1. The molecule has 0 bridgehead atoms. The van der Waals surface area contributed by atoms with Crippen LogP contribution in [0.3, 0.4) is 0 Å². The van der Waals surface area contributed by atoms with E-state index in [-0.39, 0.29) is 17.3 Å². The van der Waals surface area contributed by atoms with Gasteiger partial charge in [-0.25, -0.2) is 13.1 Å². The van der Waals surface area contributed by atoms with Crippen LogP contribution in [0, 0.1) is 0 Å². The number of rotatable bonds is 6. The fourth-order valence-corrected chi connectivity index (χ4v) is 2.53. The van der Waals surface area contributed by atoms with E-state index in [1.807, 2.05) is 0 Å². The minimum atomic E-state index is -4.16. The van der Waals surface area contributed by atoms with Gasteiger partial charge in [0, 0.05) is 34.5 Å². The topological polar surface area (TPSA) is 65.2 Å². The van der Waals surface area contributed by atoms with E-state index in [1.165, 1.54) is 18.2 Å². The van der Waals surface area contributed by atoms with Crippen molar-refractivity contribution in [3.05, 3.63) is 35.5 Å². The Morgan fingerprint density at radius 3 is 3.15 bits per heavy atom. The summed E-state index contributed by atoms with van der Waals surface area (Å²) in [5, 5.41) is 0.361. The van der Waals surface area contributed by atoms with Crippen molar-refractivity contribution in [3.63, 3.8) is 0 Å². The van der Waals surface area contributed by atoms with Crippen LogP contribution in [-0.2, 0) is 22.2 Å². The maximum atomic E-state index is 12.0. The molecule has 1 aromatic heterocycles. The lowest BCUT2D eigenvalue weighted by molar-refractivity contribution is 0.414. The number of H-pyrrole nitrogens is 1. The molecule has 5 nitrogen and oxygen atoms in total. The van der Waals surface area contributed by atoms with Crippen molar-refractivity contribution in [2.45, 2.75) is 12.2 Å². The molecule has 1 heterocycles.